The van der Waals surface area contributed by atoms with Crippen molar-refractivity contribution in [2.45, 2.75) is 19.9 Å². The second-order valence-corrected chi connectivity index (χ2v) is 8.25. The summed E-state index contributed by atoms with van der Waals surface area (Å²) in [5.41, 5.74) is 7.53. The lowest BCUT2D eigenvalue weighted by molar-refractivity contribution is 0.0851. The summed E-state index contributed by atoms with van der Waals surface area (Å²) in [6.45, 7) is 6.33. The van der Waals surface area contributed by atoms with Crippen LogP contribution in [0.15, 0.2) is 41.5 Å². The molecule has 0 saturated carbocycles. The molecule has 9 nitrogen and oxygen atoms in total. The van der Waals surface area contributed by atoms with Crippen molar-refractivity contribution in [1.82, 2.24) is 30.3 Å². The molecule has 4 heterocycles. The number of nitrogens with zero attached hydrogens (tertiary/aromatic N) is 5. The molecule has 9 heteroatoms. The summed E-state index contributed by atoms with van der Waals surface area (Å²) in [6.07, 6.45) is 4.35. The number of anilines is 1. The molecule has 1 amide bonds. The Hall–Kier alpha value is -3.30. The van der Waals surface area contributed by atoms with Gasteiger partial charge in [-0.1, -0.05) is 6.92 Å². The molecule has 168 valence electrons. The smallest absolute Gasteiger partial charge is 0.284 e. The fourth-order valence-electron chi connectivity index (χ4n) is 3.91. The van der Waals surface area contributed by atoms with E-state index in [0.717, 1.165) is 60.6 Å². The second kappa shape index (κ2) is 9.46. The average Bonchev–Trinajstić information content (AvgIpc) is 2.79. The van der Waals surface area contributed by atoms with Crippen molar-refractivity contribution in [2.75, 3.05) is 45.2 Å². The largest absolute Gasteiger partial charge is 0.368 e. The molecule has 0 radical (unpaired) electrons. The average molecular weight is 436 g/mol. The van der Waals surface area contributed by atoms with Crippen LogP contribution in [-0.4, -0.2) is 71.0 Å². The Labute approximate surface area is 187 Å². The summed E-state index contributed by atoms with van der Waals surface area (Å²) in [4.78, 5) is 40.6. The van der Waals surface area contributed by atoms with Gasteiger partial charge in [0.05, 0.1) is 22.9 Å². The molecule has 0 aliphatic carbocycles. The van der Waals surface area contributed by atoms with Gasteiger partial charge in [0, 0.05) is 58.6 Å². The van der Waals surface area contributed by atoms with Crippen LogP contribution in [0.25, 0.3) is 11.0 Å². The third-order valence-corrected chi connectivity index (χ3v) is 5.66. The molecule has 32 heavy (non-hydrogen) atoms. The number of amides is 1. The number of carbonyl (C=O) groups excluding carboxylic acids is 1. The monoisotopic (exact) mass is 435 g/mol. The lowest BCUT2D eigenvalue weighted by atomic mass is 10.1. The Morgan fingerprint density at radius 3 is 2.56 bits per heavy atom. The zero-order valence-electron chi connectivity index (χ0n) is 18.8. The summed E-state index contributed by atoms with van der Waals surface area (Å²) in [5.74, 6) is -0.220. The number of hydrogen-bond acceptors (Lipinski definition) is 7. The van der Waals surface area contributed by atoms with E-state index in [1.54, 1.807) is 31.4 Å². The summed E-state index contributed by atoms with van der Waals surface area (Å²) in [7, 11) is 3.53. The third kappa shape index (κ3) is 4.95. The summed E-state index contributed by atoms with van der Waals surface area (Å²) >= 11 is 0. The van der Waals surface area contributed by atoms with E-state index in [0.29, 0.717) is 12.1 Å². The summed E-state index contributed by atoms with van der Waals surface area (Å²) in [5, 5.41) is 1.60. The van der Waals surface area contributed by atoms with Gasteiger partial charge in [-0.2, -0.15) is 0 Å². The maximum absolute atomic E-state index is 12.1. The molecule has 0 unspecified atom stereocenters. The molecule has 0 spiro atoms. The number of hydrogen-bond donors (Lipinski definition) is 2. The standard InChI is InChI=1S/C23H29N7O2/c1-4-17-12-20-21(26-22(17)31)11-16(13-24-20)15-29-7-9-30(10-8-29)18-5-6-19(25-14-18)23(32)27-28(2)3/h5-6,11-14H,4,7-10,15H2,1-3H3,(H,26,31)(H,27,32). The number of H-pyrrole nitrogens is 1. The van der Waals surface area contributed by atoms with Crippen molar-refractivity contribution in [1.29, 1.82) is 0 Å². The molecule has 4 rings (SSSR count). The topological polar surface area (TPSA) is 97.5 Å². The molecule has 0 aromatic carbocycles. The van der Waals surface area contributed by atoms with E-state index in [1.807, 2.05) is 31.3 Å². The minimum Gasteiger partial charge on any atom is -0.368 e. The highest BCUT2D eigenvalue weighted by molar-refractivity contribution is 5.92. The lowest BCUT2D eigenvalue weighted by Crippen LogP contribution is -2.46. The van der Waals surface area contributed by atoms with Gasteiger partial charge in [0.1, 0.15) is 5.69 Å². The number of carbonyl (C=O) groups is 1. The number of piperazine rings is 1. The van der Waals surface area contributed by atoms with Gasteiger partial charge < -0.3 is 9.88 Å². The van der Waals surface area contributed by atoms with Crippen LogP contribution in [0.5, 0.6) is 0 Å². The second-order valence-electron chi connectivity index (χ2n) is 8.25. The number of rotatable bonds is 6. The van der Waals surface area contributed by atoms with Crippen LogP contribution < -0.4 is 15.9 Å². The first kappa shape index (κ1) is 21.9. The number of aryl methyl sites for hydroxylation is 1. The van der Waals surface area contributed by atoms with E-state index in [4.69, 9.17) is 0 Å². The first-order valence-corrected chi connectivity index (χ1v) is 10.9. The minimum atomic E-state index is -0.220. The summed E-state index contributed by atoms with van der Waals surface area (Å²) in [6, 6.07) is 7.60. The fraction of sp³-hybridized carbons (Fsp3) is 0.391. The van der Waals surface area contributed by atoms with Crippen LogP contribution in [0.1, 0.15) is 28.5 Å². The molecule has 3 aromatic rings. The Morgan fingerprint density at radius 1 is 1.12 bits per heavy atom. The van der Waals surface area contributed by atoms with E-state index in [9.17, 15) is 9.59 Å². The van der Waals surface area contributed by atoms with Crippen molar-refractivity contribution in [3.05, 3.63) is 63.8 Å². The predicted octanol–water partition coefficient (Wildman–Crippen LogP) is 1.41. The van der Waals surface area contributed by atoms with Crippen molar-refractivity contribution in [2.24, 2.45) is 0 Å². The Morgan fingerprint density at radius 2 is 1.91 bits per heavy atom. The molecular formula is C23H29N7O2. The zero-order chi connectivity index (χ0) is 22.7. The van der Waals surface area contributed by atoms with Gasteiger partial charge in [-0.25, -0.2) is 9.99 Å². The van der Waals surface area contributed by atoms with Crippen molar-refractivity contribution < 1.29 is 4.79 Å². The number of nitrogens with one attached hydrogen (secondary N) is 2. The minimum absolute atomic E-state index is 0.0358. The molecule has 1 aliphatic heterocycles. The lowest BCUT2D eigenvalue weighted by Gasteiger charge is -2.36. The number of fused-ring (bicyclic) bond motifs is 1. The van der Waals surface area contributed by atoms with Crippen LogP contribution in [0.2, 0.25) is 0 Å². The molecule has 1 fully saturated rings. The van der Waals surface area contributed by atoms with E-state index in [2.05, 4.69) is 30.2 Å². The normalized spacial score (nSPS) is 14.8. The first-order valence-electron chi connectivity index (χ1n) is 10.9. The van der Waals surface area contributed by atoms with Crippen molar-refractivity contribution in [3.63, 3.8) is 0 Å². The zero-order valence-corrected chi connectivity index (χ0v) is 18.8. The van der Waals surface area contributed by atoms with Crippen LogP contribution in [-0.2, 0) is 13.0 Å². The Balaban J connectivity index is 1.36. The van der Waals surface area contributed by atoms with Crippen LogP contribution in [0.3, 0.4) is 0 Å². The van der Waals surface area contributed by atoms with Crippen molar-refractivity contribution in [3.8, 4) is 0 Å². The van der Waals surface area contributed by atoms with Gasteiger partial charge in [0.25, 0.3) is 11.5 Å². The van der Waals surface area contributed by atoms with Gasteiger partial charge >= 0.3 is 0 Å². The number of hydrazine groups is 1. The molecular weight excluding hydrogens is 406 g/mol. The fourth-order valence-corrected chi connectivity index (χ4v) is 3.91. The van der Waals surface area contributed by atoms with Crippen molar-refractivity contribution >= 4 is 22.6 Å². The van der Waals surface area contributed by atoms with Gasteiger partial charge in [-0.05, 0) is 36.2 Å². The molecule has 2 N–H and O–H groups in total. The van der Waals surface area contributed by atoms with E-state index < -0.39 is 0 Å². The Kier molecular flexibility index (Phi) is 6.48. The predicted molar refractivity (Wildman–Crippen MR) is 125 cm³/mol. The first-order chi connectivity index (χ1) is 15.4. The van der Waals surface area contributed by atoms with Gasteiger partial charge in [0.15, 0.2) is 0 Å². The van der Waals surface area contributed by atoms with Gasteiger partial charge in [0.2, 0.25) is 0 Å². The molecule has 3 aromatic heterocycles. The SMILES string of the molecule is CCc1cc2ncc(CN3CCN(c4ccc(C(=O)NN(C)C)nc4)CC3)cc2[nH]c1=O. The highest BCUT2D eigenvalue weighted by Crippen LogP contribution is 2.18. The molecule has 0 bridgehead atoms. The highest BCUT2D eigenvalue weighted by atomic mass is 16.2. The van der Waals surface area contributed by atoms with Crippen LogP contribution >= 0.6 is 0 Å². The number of aromatic amines is 1. The molecule has 1 aliphatic rings. The molecule has 1 saturated heterocycles. The van der Waals surface area contributed by atoms with Crippen LogP contribution in [0, 0.1) is 0 Å². The van der Waals surface area contributed by atoms with Gasteiger partial charge in [-0.3, -0.25) is 24.9 Å². The Bertz CT molecular complexity index is 1150. The quantitative estimate of drug-likeness (QED) is 0.565. The van der Waals surface area contributed by atoms with Gasteiger partial charge in [-0.15, -0.1) is 0 Å². The summed E-state index contributed by atoms with van der Waals surface area (Å²) < 4.78 is 0. The maximum Gasteiger partial charge on any atom is 0.284 e. The molecule has 0 atom stereocenters. The van der Waals surface area contributed by atoms with Crippen LogP contribution in [0.4, 0.5) is 5.69 Å². The van der Waals surface area contributed by atoms with E-state index in [-0.39, 0.29) is 11.5 Å². The maximum atomic E-state index is 12.1. The number of aromatic nitrogens is 3. The third-order valence-electron chi connectivity index (χ3n) is 5.66. The number of pyridine rings is 3. The van der Waals surface area contributed by atoms with E-state index >= 15 is 0 Å². The highest BCUT2D eigenvalue weighted by Gasteiger charge is 2.18. The van der Waals surface area contributed by atoms with E-state index in [1.165, 1.54) is 0 Å².